The summed E-state index contributed by atoms with van der Waals surface area (Å²) in [4.78, 5) is 40.4. The molecule has 0 bridgehead atoms. The normalized spacial score (nSPS) is 29.8. The van der Waals surface area contributed by atoms with Gasteiger partial charge in [-0.1, -0.05) is 33.1 Å². The molecule has 2 N–H and O–H groups in total. The van der Waals surface area contributed by atoms with Crippen LogP contribution >= 0.6 is 0 Å². The fraction of sp³-hybridized carbons (Fsp3) is 0.880. The molecule has 0 aromatic heterocycles. The molecule has 3 amide bonds. The molecule has 4 rings (SSSR count). The highest BCUT2D eigenvalue weighted by Gasteiger charge is 2.61. The number of nitrogens with one attached hydrogen (secondary N) is 2. The smallest absolute Gasteiger partial charge is 0.245 e. The number of amides is 3. The molecule has 0 aromatic rings. The summed E-state index contributed by atoms with van der Waals surface area (Å²) in [6.07, 6.45) is 7.19. The maximum Gasteiger partial charge on any atom is 0.245 e. The molecule has 2 heterocycles. The summed E-state index contributed by atoms with van der Waals surface area (Å²) in [5, 5.41) is 5.61. The van der Waals surface area contributed by atoms with Gasteiger partial charge in [0.15, 0.2) is 0 Å². The maximum absolute atomic E-state index is 13.3. The molecule has 2 saturated heterocycles. The van der Waals surface area contributed by atoms with Crippen LogP contribution in [0.3, 0.4) is 0 Å². The van der Waals surface area contributed by atoms with Gasteiger partial charge in [0.2, 0.25) is 17.7 Å². The van der Waals surface area contributed by atoms with Gasteiger partial charge in [-0.3, -0.25) is 14.4 Å². The standard InChI is InChI=1S/C25H41N3O5/c1-16(32-13-17-8-6-5-7-9-17)20(22(30)26-4)27-21(29)18-10-11-33-25(18)14-28(15-25)23(31)19-12-24(19,2)3/h16-20H,5-15H2,1-4H3,(H,26,30)(H,27,29)/t16-,18+,19-,20+/m1/s1. The molecule has 0 radical (unpaired) electrons. The first kappa shape index (κ1) is 24.5. The zero-order valence-electron chi connectivity index (χ0n) is 20.7. The number of likely N-dealkylation sites (tertiary alicyclic amines) is 1. The summed E-state index contributed by atoms with van der Waals surface area (Å²) in [6.45, 7) is 8.10. The van der Waals surface area contributed by atoms with Crippen molar-refractivity contribution in [1.82, 2.24) is 15.5 Å². The van der Waals surface area contributed by atoms with Crippen LogP contribution in [-0.4, -0.2) is 73.7 Å². The molecule has 33 heavy (non-hydrogen) atoms. The SMILES string of the molecule is CNC(=O)[C@@H](NC(=O)[C@@H]1CCOC12CN(C(=O)[C@H]1CC1(C)C)C2)[C@@H](C)OCC1CCCCC1. The molecule has 2 aliphatic carbocycles. The lowest BCUT2D eigenvalue weighted by Crippen LogP contribution is -2.69. The van der Waals surface area contributed by atoms with Crippen molar-refractivity contribution < 1.29 is 23.9 Å². The van der Waals surface area contributed by atoms with E-state index in [0.29, 0.717) is 38.6 Å². The van der Waals surface area contributed by atoms with Crippen LogP contribution in [0.2, 0.25) is 0 Å². The molecule has 0 aromatic carbocycles. The Bertz CT molecular complexity index is 757. The molecule has 2 aliphatic heterocycles. The van der Waals surface area contributed by atoms with Crippen LogP contribution in [0.1, 0.15) is 65.7 Å². The molecule has 2 saturated carbocycles. The largest absolute Gasteiger partial charge is 0.376 e. The van der Waals surface area contributed by atoms with E-state index in [2.05, 4.69) is 24.5 Å². The van der Waals surface area contributed by atoms with Crippen molar-refractivity contribution in [2.75, 3.05) is 33.4 Å². The highest BCUT2D eigenvalue weighted by atomic mass is 16.5. The average Bonchev–Trinajstić information content (AvgIpc) is 3.20. The molecule has 4 aliphatic rings. The molecular weight excluding hydrogens is 422 g/mol. The lowest BCUT2D eigenvalue weighted by Gasteiger charge is -2.50. The Labute approximate surface area is 197 Å². The van der Waals surface area contributed by atoms with Gasteiger partial charge in [0.1, 0.15) is 11.6 Å². The summed E-state index contributed by atoms with van der Waals surface area (Å²) in [5.41, 5.74) is -0.542. The van der Waals surface area contributed by atoms with E-state index in [1.165, 1.54) is 32.1 Å². The quantitative estimate of drug-likeness (QED) is 0.573. The number of rotatable bonds is 8. The number of hydrogen-bond acceptors (Lipinski definition) is 5. The van der Waals surface area contributed by atoms with Gasteiger partial charge < -0.3 is 25.0 Å². The third-order valence-corrected chi connectivity index (χ3v) is 8.40. The molecule has 0 unspecified atom stereocenters. The number of carbonyl (C=O) groups excluding carboxylic acids is 3. The van der Waals surface area contributed by atoms with Crippen molar-refractivity contribution in [2.45, 2.75) is 83.5 Å². The molecule has 1 spiro atoms. The van der Waals surface area contributed by atoms with E-state index in [1.807, 2.05) is 11.8 Å². The fourth-order valence-electron chi connectivity index (χ4n) is 5.83. The van der Waals surface area contributed by atoms with E-state index in [-0.39, 0.29) is 35.0 Å². The van der Waals surface area contributed by atoms with E-state index in [0.717, 1.165) is 6.42 Å². The fourth-order valence-corrected chi connectivity index (χ4v) is 5.83. The lowest BCUT2D eigenvalue weighted by molar-refractivity contribution is -0.171. The summed E-state index contributed by atoms with van der Waals surface area (Å²) >= 11 is 0. The number of carbonyl (C=O) groups is 3. The van der Waals surface area contributed by atoms with Gasteiger partial charge in [0, 0.05) is 26.2 Å². The molecule has 186 valence electrons. The Morgan fingerprint density at radius 3 is 2.36 bits per heavy atom. The van der Waals surface area contributed by atoms with Crippen molar-refractivity contribution in [3.05, 3.63) is 0 Å². The topological polar surface area (TPSA) is 97.0 Å². The second-order valence-corrected chi connectivity index (χ2v) is 11.3. The number of nitrogens with zero attached hydrogens (tertiary/aromatic N) is 1. The summed E-state index contributed by atoms with van der Waals surface area (Å²) < 4.78 is 12.1. The first-order valence-corrected chi connectivity index (χ1v) is 12.7. The van der Waals surface area contributed by atoms with Gasteiger partial charge >= 0.3 is 0 Å². The van der Waals surface area contributed by atoms with E-state index in [1.54, 1.807) is 7.05 Å². The summed E-state index contributed by atoms with van der Waals surface area (Å²) in [7, 11) is 1.57. The van der Waals surface area contributed by atoms with Gasteiger partial charge in [-0.05, 0) is 43.9 Å². The highest BCUT2D eigenvalue weighted by molar-refractivity contribution is 5.90. The molecule has 8 nitrogen and oxygen atoms in total. The Morgan fingerprint density at radius 1 is 1.09 bits per heavy atom. The molecule has 8 heteroatoms. The van der Waals surface area contributed by atoms with Gasteiger partial charge in [0.25, 0.3) is 0 Å². The summed E-state index contributed by atoms with van der Waals surface area (Å²) in [6, 6.07) is -0.756. The van der Waals surface area contributed by atoms with Gasteiger partial charge in [-0.15, -0.1) is 0 Å². The first-order valence-electron chi connectivity index (χ1n) is 12.7. The van der Waals surface area contributed by atoms with Gasteiger partial charge in [-0.25, -0.2) is 0 Å². The zero-order chi connectivity index (χ0) is 23.8. The number of ether oxygens (including phenoxy) is 2. The predicted octanol–water partition coefficient (Wildman–Crippen LogP) is 1.87. The molecular formula is C25H41N3O5. The zero-order valence-corrected chi connectivity index (χ0v) is 20.7. The van der Waals surface area contributed by atoms with Crippen LogP contribution in [0.4, 0.5) is 0 Å². The van der Waals surface area contributed by atoms with Crippen molar-refractivity contribution in [3.8, 4) is 0 Å². The van der Waals surface area contributed by atoms with Crippen LogP contribution < -0.4 is 10.6 Å². The van der Waals surface area contributed by atoms with Crippen LogP contribution in [-0.2, 0) is 23.9 Å². The third-order valence-electron chi connectivity index (χ3n) is 8.40. The van der Waals surface area contributed by atoms with Crippen LogP contribution in [0, 0.1) is 23.2 Å². The van der Waals surface area contributed by atoms with Crippen LogP contribution in [0.25, 0.3) is 0 Å². The predicted molar refractivity (Wildman–Crippen MR) is 123 cm³/mol. The molecule has 4 atom stereocenters. The monoisotopic (exact) mass is 463 g/mol. The van der Waals surface area contributed by atoms with Crippen LogP contribution in [0.5, 0.6) is 0 Å². The third kappa shape index (κ3) is 5.06. The second-order valence-electron chi connectivity index (χ2n) is 11.3. The lowest BCUT2D eigenvalue weighted by atomic mass is 9.79. The Hall–Kier alpha value is -1.67. The minimum Gasteiger partial charge on any atom is -0.376 e. The minimum absolute atomic E-state index is 0.0850. The van der Waals surface area contributed by atoms with E-state index in [4.69, 9.17) is 9.47 Å². The van der Waals surface area contributed by atoms with Gasteiger partial charge in [-0.2, -0.15) is 0 Å². The van der Waals surface area contributed by atoms with Crippen LogP contribution in [0.15, 0.2) is 0 Å². The Morgan fingerprint density at radius 2 is 1.76 bits per heavy atom. The van der Waals surface area contributed by atoms with E-state index in [9.17, 15) is 14.4 Å². The first-order chi connectivity index (χ1) is 15.7. The minimum atomic E-state index is -0.756. The second kappa shape index (κ2) is 9.53. The average molecular weight is 464 g/mol. The Balaban J connectivity index is 1.33. The molecule has 4 fully saturated rings. The maximum atomic E-state index is 13.3. The van der Waals surface area contributed by atoms with Crippen molar-refractivity contribution in [3.63, 3.8) is 0 Å². The summed E-state index contributed by atoms with van der Waals surface area (Å²) in [5.74, 6) is -0.0198. The highest BCUT2D eigenvalue weighted by Crippen LogP contribution is 2.54. The Kier molecular flexibility index (Phi) is 7.06. The van der Waals surface area contributed by atoms with E-state index >= 15 is 0 Å². The van der Waals surface area contributed by atoms with Crippen molar-refractivity contribution in [1.29, 1.82) is 0 Å². The van der Waals surface area contributed by atoms with Crippen molar-refractivity contribution >= 4 is 17.7 Å². The number of likely N-dealkylation sites (N-methyl/N-ethyl adjacent to an activating group) is 1. The number of hydrogen-bond donors (Lipinski definition) is 2. The van der Waals surface area contributed by atoms with E-state index < -0.39 is 17.7 Å². The van der Waals surface area contributed by atoms with Gasteiger partial charge in [0.05, 0.1) is 25.1 Å². The van der Waals surface area contributed by atoms with Crippen molar-refractivity contribution in [2.24, 2.45) is 23.2 Å².